The number of fused-ring (bicyclic) bond motifs is 4. The van der Waals surface area contributed by atoms with E-state index < -0.39 is 29.1 Å². The highest BCUT2D eigenvalue weighted by Gasteiger charge is 2.53. The van der Waals surface area contributed by atoms with E-state index in [2.05, 4.69) is 41.2 Å². The zero-order valence-electron chi connectivity index (χ0n) is 25.1. The molecule has 2 aliphatic heterocycles. The first kappa shape index (κ1) is 28.3. The minimum Gasteiger partial charge on any atom is -0.456 e. The molecule has 3 heterocycles. The summed E-state index contributed by atoms with van der Waals surface area (Å²) in [6, 6.07) is 9.03. The maximum absolute atomic E-state index is 13.5. The van der Waals surface area contributed by atoms with Crippen LogP contribution in [0.1, 0.15) is 102 Å². The van der Waals surface area contributed by atoms with Gasteiger partial charge in [-0.15, -0.1) is 0 Å². The van der Waals surface area contributed by atoms with Gasteiger partial charge in [0.1, 0.15) is 11.6 Å². The lowest BCUT2D eigenvalue weighted by molar-refractivity contribution is -0.157. The smallest absolute Gasteiger partial charge is 0.411 e. The van der Waals surface area contributed by atoms with Crippen LogP contribution in [0.5, 0.6) is 0 Å². The Morgan fingerprint density at radius 1 is 0.976 bits per heavy atom. The van der Waals surface area contributed by atoms with Gasteiger partial charge in [0.15, 0.2) is 12.4 Å². The molecule has 0 radical (unpaired) electrons. The maximum Gasteiger partial charge on any atom is 0.411 e. The molecule has 1 N–H and O–H groups in total. The zero-order valence-corrected chi connectivity index (χ0v) is 25.1. The molecule has 7 rings (SSSR count). The molecule has 41 heavy (non-hydrogen) atoms. The van der Waals surface area contributed by atoms with Gasteiger partial charge in [0, 0.05) is 29.2 Å². The molecule has 8 heteroatoms. The van der Waals surface area contributed by atoms with Crippen molar-refractivity contribution in [2.45, 2.75) is 108 Å². The van der Waals surface area contributed by atoms with Crippen molar-refractivity contribution in [3.8, 4) is 0 Å². The molecule has 0 spiro atoms. The van der Waals surface area contributed by atoms with Crippen LogP contribution in [0, 0.1) is 5.41 Å². The number of amides is 1. The van der Waals surface area contributed by atoms with E-state index in [0.29, 0.717) is 25.4 Å². The Kier molecular flexibility index (Phi) is 7.20. The number of carbonyl (C=O) groups excluding carboxylic acids is 3. The Balaban J connectivity index is 1.07. The third kappa shape index (κ3) is 5.28. The van der Waals surface area contributed by atoms with Crippen molar-refractivity contribution in [2.75, 3.05) is 26.7 Å². The van der Waals surface area contributed by atoms with Gasteiger partial charge >= 0.3 is 12.1 Å². The van der Waals surface area contributed by atoms with Gasteiger partial charge in [0.25, 0.3) is 0 Å². The molecular formula is C33H45N3O5. The highest BCUT2D eigenvalue weighted by atomic mass is 16.6. The number of nitrogens with one attached hydrogen (secondary N) is 1. The summed E-state index contributed by atoms with van der Waals surface area (Å²) in [5.41, 5.74) is 2.98. The number of H-pyrrole nitrogens is 1. The van der Waals surface area contributed by atoms with E-state index in [1.807, 2.05) is 0 Å². The average molecular weight is 564 g/mol. The quantitative estimate of drug-likeness (QED) is 0.431. The number of aromatic nitrogens is 1. The van der Waals surface area contributed by atoms with Crippen LogP contribution in [0.4, 0.5) is 4.79 Å². The van der Waals surface area contributed by atoms with E-state index in [1.54, 1.807) is 20.8 Å². The topological polar surface area (TPSA) is 91.9 Å². The van der Waals surface area contributed by atoms with Crippen LogP contribution in [0.3, 0.4) is 0 Å². The lowest BCUT2D eigenvalue weighted by atomic mass is 9.51. The average Bonchev–Trinajstić information content (AvgIpc) is 3.70. The predicted octanol–water partition coefficient (Wildman–Crippen LogP) is 6.04. The van der Waals surface area contributed by atoms with Crippen molar-refractivity contribution < 1.29 is 23.9 Å². The summed E-state index contributed by atoms with van der Waals surface area (Å²) in [6.45, 7) is 6.82. The number of esters is 1. The third-order valence-electron chi connectivity index (χ3n) is 10.5. The molecule has 1 aromatic heterocycles. The summed E-state index contributed by atoms with van der Waals surface area (Å²) in [5.74, 6) is -0.465. The number of nitrogens with zero attached hydrogens (tertiary/aromatic N) is 2. The van der Waals surface area contributed by atoms with Gasteiger partial charge < -0.3 is 14.5 Å². The van der Waals surface area contributed by atoms with Crippen LogP contribution in [0.15, 0.2) is 24.3 Å². The normalized spacial score (nSPS) is 30.2. The summed E-state index contributed by atoms with van der Waals surface area (Å²) >= 11 is 0. The number of aromatic amines is 1. The lowest BCUT2D eigenvalue weighted by Crippen LogP contribution is -2.49. The molecule has 2 unspecified atom stereocenters. The zero-order chi connectivity index (χ0) is 29.0. The van der Waals surface area contributed by atoms with E-state index in [1.165, 1.54) is 39.9 Å². The fraction of sp³-hybridized carbons (Fsp3) is 0.667. The molecule has 8 nitrogen and oxygen atoms in total. The second kappa shape index (κ2) is 10.4. The third-order valence-corrected chi connectivity index (χ3v) is 10.5. The molecule has 1 aromatic carbocycles. The number of hydrogen-bond acceptors (Lipinski definition) is 6. The Morgan fingerprint density at radius 3 is 2.34 bits per heavy atom. The fourth-order valence-electron chi connectivity index (χ4n) is 7.94. The summed E-state index contributed by atoms with van der Waals surface area (Å²) in [6.07, 6.45) is 8.62. The van der Waals surface area contributed by atoms with Crippen molar-refractivity contribution in [2.24, 2.45) is 5.41 Å². The van der Waals surface area contributed by atoms with Gasteiger partial charge in [-0.05, 0) is 127 Å². The summed E-state index contributed by atoms with van der Waals surface area (Å²) in [5, 5.41) is 1.27. The largest absolute Gasteiger partial charge is 0.456 e. The number of hydrogen-bond donors (Lipinski definition) is 1. The number of rotatable bonds is 6. The van der Waals surface area contributed by atoms with Gasteiger partial charge in [-0.3, -0.25) is 14.6 Å². The number of ether oxygens (including phenoxy) is 2. The van der Waals surface area contributed by atoms with Crippen LogP contribution >= 0.6 is 0 Å². The standard InChI is InChI=1S/C33H45N3O5/c1-31(2,3)41-30(39)36-18-6-8-27(36)29(38)40-21-28(37)33-14-11-32(12-15-33,13-16-33)23-10-9-22-19-25(34-24(22)20-23)26-7-5-17-35(26)4/h9-10,19-20,26-27,34H,5-8,11-18,21H2,1-4H3. The monoisotopic (exact) mass is 563 g/mol. The van der Waals surface area contributed by atoms with Crippen molar-refractivity contribution in [3.63, 3.8) is 0 Å². The summed E-state index contributed by atoms with van der Waals surface area (Å²) in [7, 11) is 2.21. The van der Waals surface area contributed by atoms with Crippen molar-refractivity contribution in [1.82, 2.24) is 14.8 Å². The molecule has 5 fully saturated rings. The van der Waals surface area contributed by atoms with Gasteiger partial charge in [-0.1, -0.05) is 12.1 Å². The highest BCUT2D eigenvalue weighted by Crippen LogP contribution is 2.58. The van der Waals surface area contributed by atoms with Gasteiger partial charge in [0.2, 0.25) is 0 Å². The van der Waals surface area contributed by atoms with E-state index in [0.717, 1.165) is 45.1 Å². The van der Waals surface area contributed by atoms with Crippen molar-refractivity contribution >= 4 is 28.7 Å². The Hall–Kier alpha value is -2.87. The molecule has 3 saturated carbocycles. The number of ketones is 1. The van der Waals surface area contributed by atoms with E-state index in [4.69, 9.17) is 9.47 Å². The molecule has 2 aromatic rings. The van der Waals surface area contributed by atoms with Crippen LogP contribution in [0.25, 0.3) is 10.9 Å². The van der Waals surface area contributed by atoms with Gasteiger partial charge in [-0.25, -0.2) is 9.59 Å². The van der Waals surface area contributed by atoms with Gasteiger partial charge in [0.05, 0.1) is 0 Å². The van der Waals surface area contributed by atoms with Crippen molar-refractivity contribution in [1.29, 1.82) is 0 Å². The second-order valence-corrected chi connectivity index (χ2v) is 14.1. The highest BCUT2D eigenvalue weighted by molar-refractivity contribution is 5.90. The lowest BCUT2D eigenvalue weighted by Gasteiger charge is -2.53. The minimum absolute atomic E-state index is 0.0334. The van der Waals surface area contributed by atoms with Gasteiger partial charge in [-0.2, -0.15) is 0 Å². The first-order chi connectivity index (χ1) is 19.5. The van der Waals surface area contributed by atoms with E-state index >= 15 is 0 Å². The molecule has 2 atom stereocenters. The van der Waals surface area contributed by atoms with E-state index in [9.17, 15) is 14.4 Å². The number of carbonyl (C=O) groups is 3. The first-order valence-electron chi connectivity index (χ1n) is 15.5. The fourth-order valence-corrected chi connectivity index (χ4v) is 7.94. The Bertz CT molecular complexity index is 1320. The predicted molar refractivity (Wildman–Crippen MR) is 157 cm³/mol. The molecule has 5 aliphatic rings. The van der Waals surface area contributed by atoms with Crippen LogP contribution in [-0.4, -0.2) is 71.0 Å². The Morgan fingerprint density at radius 2 is 1.68 bits per heavy atom. The summed E-state index contributed by atoms with van der Waals surface area (Å²) in [4.78, 5) is 46.6. The number of Topliss-reactive ketones (excluding diaryl/α,β-unsaturated/α-hetero) is 1. The van der Waals surface area contributed by atoms with E-state index in [-0.39, 0.29) is 17.8 Å². The minimum atomic E-state index is -0.682. The number of likely N-dealkylation sites (tertiary alicyclic amines) is 2. The SMILES string of the molecule is CN1CCCC1c1cc2ccc(C34CCC(C(=O)COC(=O)C5CCCN5C(=O)OC(C)(C)C)(CC3)CC4)cc2[nH]1. The maximum atomic E-state index is 13.5. The molecule has 3 aliphatic carbocycles. The molecular weight excluding hydrogens is 518 g/mol. The second-order valence-electron chi connectivity index (χ2n) is 14.1. The summed E-state index contributed by atoms with van der Waals surface area (Å²) < 4.78 is 11.0. The molecule has 2 bridgehead atoms. The Labute approximate surface area is 243 Å². The molecule has 222 valence electrons. The van der Waals surface area contributed by atoms with Crippen LogP contribution in [0.2, 0.25) is 0 Å². The molecule has 2 saturated heterocycles. The van der Waals surface area contributed by atoms with Crippen LogP contribution in [-0.2, 0) is 24.5 Å². The van der Waals surface area contributed by atoms with Crippen molar-refractivity contribution in [3.05, 3.63) is 35.5 Å². The number of benzene rings is 1. The molecule has 1 amide bonds. The van der Waals surface area contributed by atoms with Crippen LogP contribution < -0.4 is 0 Å². The first-order valence-corrected chi connectivity index (χ1v) is 15.5.